The van der Waals surface area contributed by atoms with E-state index in [2.05, 4.69) is 6.92 Å². The fraction of sp³-hybridized carbons (Fsp3) is 0.588. The van der Waals surface area contributed by atoms with E-state index in [4.69, 9.17) is 4.74 Å². The van der Waals surface area contributed by atoms with Crippen LogP contribution in [-0.4, -0.2) is 5.97 Å². The van der Waals surface area contributed by atoms with Gasteiger partial charge in [0.2, 0.25) is 0 Å². The molecule has 1 fully saturated rings. The first-order chi connectivity index (χ1) is 9.29. The van der Waals surface area contributed by atoms with Crippen LogP contribution >= 0.6 is 0 Å². The van der Waals surface area contributed by atoms with Crippen molar-refractivity contribution in [3.8, 4) is 0 Å². The van der Waals surface area contributed by atoms with Crippen molar-refractivity contribution in [3.63, 3.8) is 0 Å². The molecular formula is C17H24O2. The molecule has 1 aliphatic carbocycles. The maximum Gasteiger partial charge on any atom is 0.309 e. The number of carbonyl (C=O) groups excluding carboxylic acids is 1. The standard InChI is InChI=1S/C17H24O2/c1-2-6-14-9-11-16(12-10-14)17(18)19-13-15-7-4-3-5-8-15/h3-5,7-8,14,16H,2,6,9-13H2,1H3. The molecule has 2 heteroatoms. The van der Waals surface area contributed by atoms with Gasteiger partial charge in [0.05, 0.1) is 5.92 Å². The highest BCUT2D eigenvalue weighted by Gasteiger charge is 2.26. The van der Waals surface area contributed by atoms with Crippen LogP contribution in [0.1, 0.15) is 51.0 Å². The Balaban J connectivity index is 1.73. The first-order valence-corrected chi connectivity index (χ1v) is 7.50. The zero-order chi connectivity index (χ0) is 13.5. The van der Waals surface area contributed by atoms with E-state index in [1.165, 1.54) is 25.7 Å². The predicted octanol–water partition coefficient (Wildman–Crippen LogP) is 4.34. The molecule has 0 radical (unpaired) electrons. The Hall–Kier alpha value is -1.31. The van der Waals surface area contributed by atoms with E-state index in [-0.39, 0.29) is 11.9 Å². The molecule has 0 heterocycles. The number of carbonyl (C=O) groups is 1. The number of hydrogen-bond acceptors (Lipinski definition) is 2. The molecule has 104 valence electrons. The fourth-order valence-electron chi connectivity index (χ4n) is 2.94. The van der Waals surface area contributed by atoms with Crippen molar-refractivity contribution in [2.45, 2.75) is 52.1 Å². The smallest absolute Gasteiger partial charge is 0.309 e. The molecule has 0 atom stereocenters. The highest BCUT2D eigenvalue weighted by molar-refractivity contribution is 5.72. The minimum Gasteiger partial charge on any atom is -0.461 e. The first kappa shape index (κ1) is 14.1. The molecule has 1 saturated carbocycles. The van der Waals surface area contributed by atoms with Crippen LogP contribution in [0.5, 0.6) is 0 Å². The Morgan fingerprint density at radius 1 is 1.16 bits per heavy atom. The van der Waals surface area contributed by atoms with E-state index in [1.54, 1.807) is 0 Å². The van der Waals surface area contributed by atoms with E-state index in [1.807, 2.05) is 30.3 Å². The van der Waals surface area contributed by atoms with Gasteiger partial charge in [-0.05, 0) is 37.2 Å². The Bertz CT molecular complexity index is 378. The highest BCUT2D eigenvalue weighted by Crippen LogP contribution is 2.32. The molecule has 0 amide bonds. The molecule has 0 saturated heterocycles. The molecule has 0 aromatic heterocycles. The van der Waals surface area contributed by atoms with Gasteiger partial charge in [0.1, 0.15) is 6.61 Å². The van der Waals surface area contributed by atoms with Gasteiger partial charge in [-0.3, -0.25) is 4.79 Å². The zero-order valence-corrected chi connectivity index (χ0v) is 11.8. The van der Waals surface area contributed by atoms with Crippen LogP contribution in [0.25, 0.3) is 0 Å². The Morgan fingerprint density at radius 3 is 2.47 bits per heavy atom. The second kappa shape index (κ2) is 7.32. The third kappa shape index (κ3) is 4.38. The summed E-state index contributed by atoms with van der Waals surface area (Å²) in [7, 11) is 0. The van der Waals surface area contributed by atoms with Crippen molar-refractivity contribution in [2.24, 2.45) is 11.8 Å². The molecule has 0 N–H and O–H groups in total. The molecule has 1 aromatic carbocycles. The van der Waals surface area contributed by atoms with Gasteiger partial charge in [0.15, 0.2) is 0 Å². The first-order valence-electron chi connectivity index (χ1n) is 7.50. The van der Waals surface area contributed by atoms with Gasteiger partial charge in [-0.25, -0.2) is 0 Å². The van der Waals surface area contributed by atoms with Gasteiger partial charge in [-0.2, -0.15) is 0 Å². The van der Waals surface area contributed by atoms with Gasteiger partial charge in [0, 0.05) is 0 Å². The van der Waals surface area contributed by atoms with Gasteiger partial charge in [-0.15, -0.1) is 0 Å². The van der Waals surface area contributed by atoms with Gasteiger partial charge in [0.25, 0.3) is 0 Å². The molecule has 0 bridgehead atoms. The highest BCUT2D eigenvalue weighted by atomic mass is 16.5. The monoisotopic (exact) mass is 260 g/mol. The van der Waals surface area contributed by atoms with Crippen LogP contribution in [0.15, 0.2) is 30.3 Å². The summed E-state index contributed by atoms with van der Waals surface area (Å²) in [6, 6.07) is 9.90. The molecule has 1 aliphatic rings. The van der Waals surface area contributed by atoms with Crippen LogP contribution in [0.2, 0.25) is 0 Å². The number of benzene rings is 1. The summed E-state index contributed by atoms with van der Waals surface area (Å²) in [6.45, 7) is 2.65. The van der Waals surface area contributed by atoms with Gasteiger partial charge >= 0.3 is 5.97 Å². The van der Waals surface area contributed by atoms with Crippen molar-refractivity contribution in [2.75, 3.05) is 0 Å². The fourth-order valence-corrected chi connectivity index (χ4v) is 2.94. The van der Waals surface area contributed by atoms with Crippen LogP contribution < -0.4 is 0 Å². The summed E-state index contributed by atoms with van der Waals surface area (Å²) in [6.07, 6.45) is 6.98. The maximum absolute atomic E-state index is 12.0. The summed E-state index contributed by atoms with van der Waals surface area (Å²) < 4.78 is 5.42. The molecule has 19 heavy (non-hydrogen) atoms. The summed E-state index contributed by atoms with van der Waals surface area (Å²) in [5.74, 6) is 0.971. The Labute approximate surface area is 116 Å². The number of ether oxygens (including phenoxy) is 1. The van der Waals surface area contributed by atoms with Crippen LogP contribution in [0, 0.1) is 11.8 Å². The molecule has 0 spiro atoms. The molecule has 2 nitrogen and oxygen atoms in total. The van der Waals surface area contributed by atoms with Gasteiger partial charge < -0.3 is 4.74 Å². The summed E-state index contributed by atoms with van der Waals surface area (Å²) in [4.78, 5) is 12.0. The van der Waals surface area contributed by atoms with Crippen molar-refractivity contribution < 1.29 is 9.53 Å². The lowest BCUT2D eigenvalue weighted by atomic mass is 9.80. The topological polar surface area (TPSA) is 26.3 Å². The number of esters is 1. The Kier molecular flexibility index (Phi) is 5.44. The van der Waals surface area contributed by atoms with Crippen molar-refractivity contribution in [3.05, 3.63) is 35.9 Å². The lowest BCUT2D eigenvalue weighted by molar-refractivity contribution is -0.151. The van der Waals surface area contributed by atoms with Crippen LogP contribution in [-0.2, 0) is 16.1 Å². The van der Waals surface area contributed by atoms with Gasteiger partial charge in [-0.1, -0.05) is 50.1 Å². The van der Waals surface area contributed by atoms with Crippen molar-refractivity contribution in [1.82, 2.24) is 0 Å². The third-order valence-corrected chi connectivity index (χ3v) is 4.10. The molecular weight excluding hydrogens is 236 g/mol. The average molecular weight is 260 g/mol. The predicted molar refractivity (Wildman–Crippen MR) is 76.6 cm³/mol. The zero-order valence-electron chi connectivity index (χ0n) is 11.8. The quantitative estimate of drug-likeness (QED) is 0.736. The van der Waals surface area contributed by atoms with Crippen LogP contribution in [0.4, 0.5) is 0 Å². The maximum atomic E-state index is 12.0. The van der Waals surface area contributed by atoms with Crippen molar-refractivity contribution in [1.29, 1.82) is 0 Å². The minimum atomic E-state index is -0.00111. The normalized spacial score (nSPS) is 23.0. The summed E-state index contributed by atoms with van der Waals surface area (Å²) in [5, 5.41) is 0. The molecule has 0 aliphatic heterocycles. The second-order valence-electron chi connectivity index (χ2n) is 5.60. The minimum absolute atomic E-state index is 0.00111. The second-order valence-corrected chi connectivity index (χ2v) is 5.60. The molecule has 2 rings (SSSR count). The number of rotatable bonds is 5. The van der Waals surface area contributed by atoms with Crippen molar-refractivity contribution >= 4 is 5.97 Å². The number of hydrogen-bond donors (Lipinski definition) is 0. The summed E-state index contributed by atoms with van der Waals surface area (Å²) >= 11 is 0. The van der Waals surface area contributed by atoms with E-state index in [0.717, 1.165) is 24.3 Å². The van der Waals surface area contributed by atoms with Crippen LogP contribution in [0.3, 0.4) is 0 Å². The Morgan fingerprint density at radius 2 is 1.84 bits per heavy atom. The SMILES string of the molecule is CCCC1CCC(C(=O)OCc2ccccc2)CC1. The van der Waals surface area contributed by atoms with E-state index in [0.29, 0.717) is 6.61 Å². The summed E-state index contributed by atoms with van der Waals surface area (Å²) in [5.41, 5.74) is 1.07. The third-order valence-electron chi connectivity index (χ3n) is 4.10. The average Bonchev–Trinajstić information content (AvgIpc) is 2.47. The largest absolute Gasteiger partial charge is 0.461 e. The van der Waals surface area contributed by atoms with E-state index < -0.39 is 0 Å². The van der Waals surface area contributed by atoms with E-state index in [9.17, 15) is 4.79 Å². The molecule has 0 unspecified atom stereocenters. The molecule has 1 aromatic rings. The lowest BCUT2D eigenvalue weighted by Gasteiger charge is -2.26. The lowest BCUT2D eigenvalue weighted by Crippen LogP contribution is -2.23. The van der Waals surface area contributed by atoms with E-state index >= 15 is 0 Å².